The van der Waals surface area contributed by atoms with E-state index in [9.17, 15) is 28.1 Å². The fraction of sp³-hybridized carbons (Fsp3) is 0.133. The number of hydrazine groups is 1. The maximum Gasteiger partial charge on any atom is 0.417 e. The van der Waals surface area contributed by atoms with Gasteiger partial charge in [0.25, 0.3) is 11.6 Å². The number of nitrogens with zero attached hydrogens (tertiary/aromatic N) is 3. The van der Waals surface area contributed by atoms with Crippen LogP contribution in [0.1, 0.15) is 27.2 Å². The number of anilines is 1. The summed E-state index contributed by atoms with van der Waals surface area (Å²) in [5.41, 5.74) is 2.12. The van der Waals surface area contributed by atoms with Crippen LogP contribution in [0.3, 0.4) is 0 Å². The van der Waals surface area contributed by atoms with Gasteiger partial charge in [0.05, 0.1) is 10.5 Å². The van der Waals surface area contributed by atoms with Crippen LogP contribution in [-0.4, -0.2) is 15.8 Å². The lowest BCUT2D eigenvalue weighted by atomic mass is 10.1. The second-order valence-corrected chi connectivity index (χ2v) is 5.03. The Morgan fingerprint density at radius 2 is 1.92 bits per heavy atom. The number of carbonyl (C=O) groups is 1. The van der Waals surface area contributed by atoms with Crippen molar-refractivity contribution < 1.29 is 22.9 Å². The average molecular weight is 365 g/mol. The van der Waals surface area contributed by atoms with Gasteiger partial charge in [-0.3, -0.25) is 25.8 Å². The van der Waals surface area contributed by atoms with Crippen molar-refractivity contribution in [2.75, 3.05) is 5.43 Å². The fourth-order valence-corrected chi connectivity index (χ4v) is 2.02. The number of pyridine rings is 1. The number of hydrogen-bond acceptors (Lipinski definition) is 6. The SMILES string of the molecule is Cc1cc(C(F)(F)F)c(C#N)c(NNC(=O)c2ccc([N+](=O)[O-])cc2)n1. The van der Waals surface area contributed by atoms with E-state index in [1.807, 2.05) is 0 Å². The van der Waals surface area contributed by atoms with Crippen LogP contribution in [0.4, 0.5) is 24.7 Å². The second kappa shape index (κ2) is 7.06. The van der Waals surface area contributed by atoms with Crippen molar-refractivity contribution in [2.45, 2.75) is 13.1 Å². The summed E-state index contributed by atoms with van der Waals surface area (Å²) in [7, 11) is 0. The molecule has 26 heavy (non-hydrogen) atoms. The van der Waals surface area contributed by atoms with Crippen LogP contribution in [0, 0.1) is 28.4 Å². The van der Waals surface area contributed by atoms with Crippen LogP contribution in [0.2, 0.25) is 0 Å². The summed E-state index contributed by atoms with van der Waals surface area (Å²) < 4.78 is 39.0. The molecule has 0 bridgehead atoms. The highest BCUT2D eigenvalue weighted by Crippen LogP contribution is 2.34. The highest BCUT2D eigenvalue weighted by atomic mass is 19.4. The number of alkyl halides is 3. The first-order valence-corrected chi connectivity index (χ1v) is 6.93. The number of benzene rings is 1. The summed E-state index contributed by atoms with van der Waals surface area (Å²) in [5, 5.41) is 19.6. The Balaban J connectivity index is 2.24. The zero-order valence-electron chi connectivity index (χ0n) is 13.1. The Labute approximate surface area is 144 Å². The van der Waals surface area contributed by atoms with Gasteiger partial charge in [-0.15, -0.1) is 0 Å². The summed E-state index contributed by atoms with van der Waals surface area (Å²) in [5.74, 6) is -1.24. The van der Waals surface area contributed by atoms with Gasteiger partial charge in [-0.25, -0.2) is 4.98 Å². The van der Waals surface area contributed by atoms with E-state index in [0.717, 1.165) is 18.2 Å². The number of aromatic nitrogens is 1. The van der Waals surface area contributed by atoms with Gasteiger partial charge in [-0.2, -0.15) is 18.4 Å². The highest BCUT2D eigenvalue weighted by molar-refractivity contribution is 5.95. The van der Waals surface area contributed by atoms with E-state index in [4.69, 9.17) is 5.26 Å². The van der Waals surface area contributed by atoms with Gasteiger partial charge in [0.15, 0.2) is 5.82 Å². The van der Waals surface area contributed by atoms with Crippen LogP contribution < -0.4 is 10.9 Å². The van der Waals surface area contributed by atoms with Crippen molar-refractivity contribution in [1.29, 1.82) is 5.26 Å². The van der Waals surface area contributed by atoms with E-state index >= 15 is 0 Å². The van der Waals surface area contributed by atoms with Gasteiger partial charge in [0.1, 0.15) is 11.6 Å². The van der Waals surface area contributed by atoms with Crippen LogP contribution in [0.5, 0.6) is 0 Å². The average Bonchev–Trinajstić information content (AvgIpc) is 2.58. The fourth-order valence-electron chi connectivity index (χ4n) is 2.02. The summed E-state index contributed by atoms with van der Waals surface area (Å²) >= 11 is 0. The first-order chi connectivity index (χ1) is 12.1. The zero-order valence-corrected chi connectivity index (χ0v) is 13.1. The third-order valence-electron chi connectivity index (χ3n) is 3.20. The van der Waals surface area contributed by atoms with Crippen molar-refractivity contribution >= 4 is 17.4 Å². The predicted octanol–water partition coefficient (Wildman–Crippen LogP) is 2.95. The molecular formula is C15H10F3N5O3. The molecule has 0 aliphatic carbocycles. The second-order valence-electron chi connectivity index (χ2n) is 5.03. The van der Waals surface area contributed by atoms with Gasteiger partial charge in [-0.1, -0.05) is 0 Å². The van der Waals surface area contributed by atoms with Crippen LogP contribution in [-0.2, 0) is 6.18 Å². The van der Waals surface area contributed by atoms with E-state index in [0.29, 0.717) is 0 Å². The van der Waals surface area contributed by atoms with Crippen molar-refractivity contribution in [1.82, 2.24) is 10.4 Å². The number of nitrogens with one attached hydrogen (secondary N) is 2. The van der Waals surface area contributed by atoms with Crippen LogP contribution in [0.25, 0.3) is 0 Å². The first kappa shape index (κ1) is 18.7. The van der Waals surface area contributed by atoms with Crippen molar-refractivity contribution in [3.05, 3.63) is 62.8 Å². The van der Waals surface area contributed by atoms with E-state index < -0.39 is 34.0 Å². The molecule has 0 saturated heterocycles. The molecule has 0 aliphatic heterocycles. The van der Waals surface area contributed by atoms with Crippen molar-refractivity contribution in [3.8, 4) is 6.07 Å². The largest absolute Gasteiger partial charge is 0.417 e. The molecule has 134 valence electrons. The number of halogens is 3. The highest BCUT2D eigenvalue weighted by Gasteiger charge is 2.35. The van der Waals surface area contributed by atoms with Gasteiger partial charge < -0.3 is 0 Å². The van der Waals surface area contributed by atoms with E-state index in [1.165, 1.54) is 25.1 Å². The van der Waals surface area contributed by atoms with Gasteiger partial charge in [0, 0.05) is 23.4 Å². The lowest BCUT2D eigenvalue weighted by Gasteiger charge is -2.14. The topological polar surface area (TPSA) is 121 Å². The molecule has 0 atom stereocenters. The van der Waals surface area contributed by atoms with Crippen molar-refractivity contribution in [3.63, 3.8) is 0 Å². The first-order valence-electron chi connectivity index (χ1n) is 6.93. The molecule has 0 saturated carbocycles. The standard InChI is InChI=1S/C15H10F3N5O3/c1-8-6-12(15(16,17)18)11(7-19)13(20-8)21-22-14(24)9-2-4-10(5-3-9)23(25)26/h2-6H,1H3,(H,20,21)(H,22,24). The lowest BCUT2D eigenvalue weighted by Crippen LogP contribution is -2.30. The number of nitriles is 1. The normalized spacial score (nSPS) is 10.7. The molecule has 11 heteroatoms. The van der Waals surface area contributed by atoms with E-state index in [-0.39, 0.29) is 16.9 Å². The molecule has 0 fully saturated rings. The number of nitro benzene ring substituents is 1. The van der Waals surface area contributed by atoms with E-state index in [2.05, 4.69) is 15.8 Å². The Kier molecular flexibility index (Phi) is 5.06. The molecule has 0 radical (unpaired) electrons. The summed E-state index contributed by atoms with van der Waals surface area (Å²) in [6.45, 7) is 1.31. The Bertz CT molecular complexity index is 904. The lowest BCUT2D eigenvalue weighted by molar-refractivity contribution is -0.384. The molecule has 2 aromatic rings. The molecule has 0 aliphatic rings. The molecule has 1 amide bonds. The van der Waals surface area contributed by atoms with E-state index in [1.54, 1.807) is 0 Å². The molecule has 0 spiro atoms. The Morgan fingerprint density at radius 1 is 1.31 bits per heavy atom. The van der Waals surface area contributed by atoms with Crippen LogP contribution in [0.15, 0.2) is 30.3 Å². The number of nitro groups is 1. The minimum absolute atomic E-state index is 0.0107. The third-order valence-corrected chi connectivity index (χ3v) is 3.20. The maximum atomic E-state index is 13.0. The summed E-state index contributed by atoms with van der Waals surface area (Å²) in [4.78, 5) is 25.7. The van der Waals surface area contributed by atoms with Gasteiger partial charge in [-0.05, 0) is 25.1 Å². The summed E-state index contributed by atoms with van der Waals surface area (Å²) in [6, 6.07) is 6.68. The number of hydrogen-bond donors (Lipinski definition) is 2. The molecule has 0 unspecified atom stereocenters. The molecular weight excluding hydrogens is 355 g/mol. The summed E-state index contributed by atoms with van der Waals surface area (Å²) in [6.07, 6.45) is -4.77. The van der Waals surface area contributed by atoms with Crippen LogP contribution >= 0.6 is 0 Å². The minimum Gasteiger partial charge on any atom is -0.280 e. The Morgan fingerprint density at radius 3 is 2.42 bits per heavy atom. The van der Waals surface area contributed by atoms with Gasteiger partial charge in [0.2, 0.25) is 0 Å². The third kappa shape index (κ3) is 4.04. The number of amides is 1. The molecule has 1 heterocycles. The maximum absolute atomic E-state index is 13.0. The number of non-ortho nitro benzene ring substituents is 1. The predicted molar refractivity (Wildman–Crippen MR) is 82.9 cm³/mol. The quantitative estimate of drug-likeness (QED) is 0.635. The Hall–Kier alpha value is -3.68. The zero-order chi connectivity index (χ0) is 19.5. The smallest absolute Gasteiger partial charge is 0.280 e. The monoisotopic (exact) mass is 365 g/mol. The van der Waals surface area contributed by atoms with Crippen molar-refractivity contribution in [2.24, 2.45) is 0 Å². The van der Waals surface area contributed by atoms with Gasteiger partial charge >= 0.3 is 6.18 Å². The minimum atomic E-state index is -4.77. The molecule has 2 rings (SSSR count). The molecule has 1 aromatic carbocycles. The molecule has 8 nitrogen and oxygen atoms in total. The number of aryl methyl sites for hydroxylation is 1. The molecule has 2 N–H and O–H groups in total. The molecule has 1 aromatic heterocycles. The number of carbonyl (C=O) groups excluding carboxylic acids is 1. The number of rotatable bonds is 4.